The predicted octanol–water partition coefficient (Wildman–Crippen LogP) is 6.57. The molecule has 0 saturated carbocycles. The molecule has 7 nitrogen and oxygen atoms in total. The smallest absolute Gasteiger partial charge is 0.271 e. The van der Waals surface area contributed by atoms with Crippen LogP contribution in [0.1, 0.15) is 29.8 Å². The van der Waals surface area contributed by atoms with Crippen LogP contribution in [0.25, 0.3) is 21.5 Å². The fraction of sp³-hybridized carbons (Fsp3) is 0.300. The van der Waals surface area contributed by atoms with Gasteiger partial charge in [-0.3, -0.25) is 4.90 Å². The molecule has 0 bridgehead atoms. The molecule has 4 aromatic rings. The molecule has 1 saturated heterocycles. The van der Waals surface area contributed by atoms with Crippen LogP contribution in [0.2, 0.25) is 5.02 Å². The molecular formula is C30H26ClF2N5O2. The molecule has 0 unspecified atom stereocenters. The molecule has 1 fully saturated rings. The molecule has 0 amide bonds. The summed E-state index contributed by atoms with van der Waals surface area (Å²) in [6.45, 7) is 10.8. The first-order valence-electron chi connectivity index (χ1n) is 13.1. The van der Waals surface area contributed by atoms with Crippen molar-refractivity contribution in [1.82, 2.24) is 19.4 Å². The normalized spacial score (nSPS) is 17.4. The number of halogens is 3. The lowest BCUT2D eigenvalue weighted by Crippen LogP contribution is -2.33. The first kappa shape index (κ1) is 26.4. The van der Waals surface area contributed by atoms with E-state index in [1.807, 2.05) is 0 Å². The second-order valence-electron chi connectivity index (χ2n) is 9.95. The number of nitrogens with zero attached hydrogens (tertiary/aromatic N) is 5. The summed E-state index contributed by atoms with van der Waals surface area (Å²) in [5.41, 5.74) is 3.95. The lowest BCUT2D eigenvalue weighted by Gasteiger charge is -2.29. The average Bonchev–Trinajstić information content (AvgIpc) is 3.27. The van der Waals surface area contributed by atoms with E-state index in [1.165, 1.54) is 18.2 Å². The first-order chi connectivity index (χ1) is 19.5. The van der Waals surface area contributed by atoms with Crippen molar-refractivity contribution in [2.24, 2.45) is 0 Å². The van der Waals surface area contributed by atoms with Gasteiger partial charge in [0, 0.05) is 30.3 Å². The highest BCUT2D eigenvalue weighted by Crippen LogP contribution is 2.30. The number of ether oxygens (including phenoxy) is 2. The molecule has 0 radical (unpaired) electrons. The Morgan fingerprint density at radius 2 is 2.02 bits per heavy atom. The molecule has 2 aromatic carbocycles. The molecular weight excluding hydrogens is 536 g/mol. The fourth-order valence-electron chi connectivity index (χ4n) is 5.01. The molecule has 2 aliphatic rings. The number of pyridine rings is 1. The molecule has 0 N–H and O–H groups in total. The van der Waals surface area contributed by atoms with Crippen LogP contribution in [-0.2, 0) is 24.4 Å². The van der Waals surface area contributed by atoms with E-state index < -0.39 is 11.6 Å². The number of benzene rings is 2. The third kappa shape index (κ3) is 5.56. The van der Waals surface area contributed by atoms with Crippen LogP contribution >= 0.6 is 11.6 Å². The van der Waals surface area contributed by atoms with Crippen LogP contribution in [0.5, 0.6) is 5.75 Å². The van der Waals surface area contributed by atoms with Gasteiger partial charge in [0.05, 0.1) is 24.7 Å². The molecule has 204 valence electrons. The van der Waals surface area contributed by atoms with Crippen molar-refractivity contribution < 1.29 is 18.3 Å². The Kier molecular flexibility index (Phi) is 7.48. The van der Waals surface area contributed by atoms with Gasteiger partial charge in [0.25, 0.3) is 5.82 Å². The minimum atomic E-state index is -0.499. The maximum absolute atomic E-state index is 14.5. The summed E-state index contributed by atoms with van der Waals surface area (Å²) in [5, 5.41) is 0.295. The second-order valence-corrected chi connectivity index (χ2v) is 10.4. The summed E-state index contributed by atoms with van der Waals surface area (Å²) in [5.74, 6) is 0.333. The van der Waals surface area contributed by atoms with Gasteiger partial charge < -0.3 is 18.9 Å². The Balaban J connectivity index is 1.16. The molecule has 10 heteroatoms. The Morgan fingerprint density at radius 1 is 1.15 bits per heavy atom. The van der Waals surface area contributed by atoms with E-state index in [4.69, 9.17) is 32.6 Å². The van der Waals surface area contributed by atoms with E-state index in [1.54, 1.807) is 30.5 Å². The summed E-state index contributed by atoms with van der Waals surface area (Å²) < 4.78 is 42.1. The Bertz CT molecular complexity index is 1640. The molecule has 2 aliphatic heterocycles. The Morgan fingerprint density at radius 3 is 2.75 bits per heavy atom. The number of hydrogen-bond acceptors (Lipinski definition) is 5. The predicted molar refractivity (Wildman–Crippen MR) is 148 cm³/mol. The molecule has 2 aromatic heterocycles. The third-order valence-electron chi connectivity index (χ3n) is 7.35. The highest BCUT2D eigenvalue weighted by molar-refractivity contribution is 6.30. The van der Waals surface area contributed by atoms with Crippen LogP contribution in [0.3, 0.4) is 0 Å². The van der Waals surface area contributed by atoms with Gasteiger partial charge in [-0.25, -0.2) is 13.8 Å². The highest BCUT2D eigenvalue weighted by Gasteiger charge is 2.24. The number of fused-ring (bicyclic) bond motifs is 1. The van der Waals surface area contributed by atoms with Crippen molar-refractivity contribution in [3.05, 3.63) is 99.8 Å². The van der Waals surface area contributed by atoms with E-state index >= 15 is 0 Å². The SMILES string of the molecule is [C-]#[N+]c1cc2nc(CN3CC=C(c4ccc(F)c(OCc5ccc(Cl)cc5F)c4)CC3)n(C[C@@H]3CCO3)c2cn1. The van der Waals surface area contributed by atoms with Crippen LogP contribution < -0.4 is 4.74 Å². The number of rotatable bonds is 8. The first-order valence-corrected chi connectivity index (χ1v) is 13.5. The van der Waals surface area contributed by atoms with Crippen LogP contribution in [0.15, 0.2) is 54.7 Å². The van der Waals surface area contributed by atoms with Gasteiger partial charge in [-0.05, 0) is 54.3 Å². The summed E-state index contributed by atoms with van der Waals surface area (Å²) in [7, 11) is 0. The summed E-state index contributed by atoms with van der Waals surface area (Å²) in [6.07, 6.45) is 5.81. The standard InChI is InChI=1S/C30H26ClF2N5O2/c1-34-29-14-26-27(15-35-29)38(16-23-8-11-39-23)30(36-26)17-37-9-6-19(7-10-37)20-3-5-24(32)28(12-20)40-18-21-2-4-22(31)13-25(21)33/h2-6,12-15,23H,7-11,16-18H2/t23-/m0/s1. The van der Waals surface area contributed by atoms with Crippen LogP contribution in [0.4, 0.5) is 14.6 Å². The summed E-state index contributed by atoms with van der Waals surface area (Å²) >= 11 is 5.81. The fourth-order valence-corrected chi connectivity index (χ4v) is 5.16. The molecule has 0 aliphatic carbocycles. The summed E-state index contributed by atoms with van der Waals surface area (Å²) in [4.78, 5) is 14.8. The van der Waals surface area contributed by atoms with Gasteiger partial charge in [0.15, 0.2) is 11.6 Å². The zero-order valence-corrected chi connectivity index (χ0v) is 22.4. The minimum Gasteiger partial charge on any atom is -0.486 e. The quantitative estimate of drug-likeness (QED) is 0.228. The van der Waals surface area contributed by atoms with E-state index in [0.29, 0.717) is 36.0 Å². The van der Waals surface area contributed by atoms with Crippen LogP contribution in [0, 0.1) is 18.2 Å². The zero-order chi connectivity index (χ0) is 27.6. The number of aromatic nitrogens is 3. The van der Waals surface area contributed by atoms with E-state index in [9.17, 15) is 8.78 Å². The number of hydrogen-bond donors (Lipinski definition) is 0. The van der Waals surface area contributed by atoms with Crippen molar-refractivity contribution >= 4 is 34.0 Å². The van der Waals surface area contributed by atoms with Crippen molar-refractivity contribution in [2.75, 3.05) is 19.7 Å². The van der Waals surface area contributed by atoms with Gasteiger partial charge >= 0.3 is 0 Å². The zero-order valence-electron chi connectivity index (χ0n) is 21.6. The largest absolute Gasteiger partial charge is 0.486 e. The highest BCUT2D eigenvalue weighted by atomic mass is 35.5. The average molecular weight is 562 g/mol. The van der Waals surface area contributed by atoms with Crippen molar-refractivity contribution in [3.8, 4) is 5.75 Å². The van der Waals surface area contributed by atoms with Crippen LogP contribution in [-0.4, -0.2) is 45.2 Å². The maximum atomic E-state index is 14.5. The molecule has 0 spiro atoms. The molecule has 6 rings (SSSR count). The summed E-state index contributed by atoms with van der Waals surface area (Å²) in [6, 6.07) is 10.8. The van der Waals surface area contributed by atoms with Gasteiger partial charge in [-0.2, -0.15) is 0 Å². The lowest BCUT2D eigenvalue weighted by atomic mass is 9.99. The van der Waals surface area contributed by atoms with Crippen molar-refractivity contribution in [3.63, 3.8) is 0 Å². The Hall–Kier alpha value is -3.84. The molecule has 4 heterocycles. The van der Waals surface area contributed by atoms with Gasteiger partial charge in [0.2, 0.25) is 0 Å². The Labute approximate surface area is 235 Å². The van der Waals surface area contributed by atoms with Gasteiger partial charge in [-0.1, -0.05) is 36.4 Å². The topological polar surface area (TPSA) is 56.8 Å². The molecule has 40 heavy (non-hydrogen) atoms. The molecule has 1 atom stereocenters. The number of imidazole rings is 1. The van der Waals surface area contributed by atoms with Gasteiger partial charge in [0.1, 0.15) is 30.0 Å². The third-order valence-corrected chi connectivity index (χ3v) is 7.59. The van der Waals surface area contributed by atoms with Gasteiger partial charge in [-0.15, -0.1) is 4.98 Å². The lowest BCUT2D eigenvalue weighted by molar-refractivity contribution is -0.0591. The second kappa shape index (κ2) is 11.3. The van der Waals surface area contributed by atoms with Crippen molar-refractivity contribution in [1.29, 1.82) is 0 Å². The van der Waals surface area contributed by atoms with E-state index in [-0.39, 0.29) is 18.5 Å². The van der Waals surface area contributed by atoms with E-state index in [0.717, 1.165) is 54.0 Å². The van der Waals surface area contributed by atoms with E-state index in [2.05, 4.69) is 25.4 Å². The minimum absolute atomic E-state index is 0.0782. The monoisotopic (exact) mass is 561 g/mol. The maximum Gasteiger partial charge on any atom is 0.271 e. The van der Waals surface area contributed by atoms with Crippen molar-refractivity contribution in [2.45, 2.75) is 38.6 Å².